The van der Waals surface area contributed by atoms with E-state index in [1.807, 2.05) is 0 Å². The first-order chi connectivity index (χ1) is 11.9. The largest absolute Gasteiger partial charge is 0.466 e. The summed E-state index contributed by atoms with van der Waals surface area (Å²) in [6, 6.07) is 0. The number of hydrogen-bond acceptors (Lipinski definition) is 2. The van der Waals surface area contributed by atoms with Gasteiger partial charge < -0.3 is 4.74 Å². The summed E-state index contributed by atoms with van der Waals surface area (Å²) in [7, 11) is 0. The van der Waals surface area contributed by atoms with E-state index < -0.39 is 0 Å². The van der Waals surface area contributed by atoms with Gasteiger partial charge in [0.15, 0.2) is 0 Å². The fourth-order valence-corrected chi connectivity index (χ4v) is 6.87. The van der Waals surface area contributed by atoms with Crippen LogP contribution in [0.3, 0.4) is 0 Å². The number of esters is 1. The lowest BCUT2D eigenvalue weighted by molar-refractivity contribution is -0.141. The normalized spacial score (nSPS) is 44.5. The highest BCUT2D eigenvalue weighted by Crippen LogP contribution is 2.65. The highest BCUT2D eigenvalue weighted by Gasteiger charge is 2.57. The third kappa shape index (κ3) is 2.64. The summed E-state index contributed by atoms with van der Waals surface area (Å²) in [5, 5.41) is 0. The average Bonchev–Trinajstić information content (AvgIpc) is 2.91. The molecule has 0 aromatic rings. The molecule has 0 aromatic heterocycles. The highest BCUT2D eigenvalue weighted by molar-refractivity contribution is 5.65. The van der Waals surface area contributed by atoms with Crippen LogP contribution in [0.5, 0.6) is 0 Å². The summed E-state index contributed by atoms with van der Waals surface area (Å²) >= 11 is 0. The van der Waals surface area contributed by atoms with Crippen molar-refractivity contribution >= 4 is 5.97 Å². The molecule has 0 amide bonds. The molecule has 4 rings (SSSR count). The zero-order valence-electron chi connectivity index (χ0n) is 16.0. The maximum atomic E-state index is 11.1. The monoisotopic (exact) mass is 340 g/mol. The summed E-state index contributed by atoms with van der Waals surface area (Å²) in [6.45, 7) is 7.12. The van der Waals surface area contributed by atoms with Gasteiger partial charge in [0.05, 0.1) is 6.61 Å². The molecule has 136 valence electrons. The van der Waals surface area contributed by atoms with Crippen LogP contribution in [-0.2, 0) is 9.53 Å². The van der Waals surface area contributed by atoms with Crippen molar-refractivity contribution < 1.29 is 9.53 Å². The number of ether oxygens (including phenoxy) is 1. The molecule has 0 bridgehead atoms. The molecular weight excluding hydrogens is 308 g/mol. The summed E-state index contributed by atoms with van der Waals surface area (Å²) in [5.74, 6) is 3.03. The molecule has 4 aliphatic rings. The van der Waals surface area contributed by atoms with Crippen molar-refractivity contribution in [2.75, 3.05) is 6.61 Å². The minimum atomic E-state index is -0.140. The third-order valence-electron chi connectivity index (χ3n) is 8.24. The van der Waals surface area contributed by atoms with Gasteiger partial charge in [0.25, 0.3) is 0 Å². The molecular formula is C23H32O2. The Morgan fingerprint density at radius 3 is 2.84 bits per heavy atom. The van der Waals surface area contributed by atoms with Crippen LogP contribution < -0.4 is 0 Å². The first kappa shape index (κ1) is 17.1. The van der Waals surface area contributed by atoms with Gasteiger partial charge >= 0.3 is 5.97 Å². The van der Waals surface area contributed by atoms with Crippen LogP contribution >= 0.6 is 0 Å². The average molecular weight is 341 g/mol. The molecule has 0 heterocycles. The van der Waals surface area contributed by atoms with Crippen molar-refractivity contribution in [2.45, 2.75) is 59.3 Å². The molecule has 4 aliphatic carbocycles. The number of carbonyl (C=O) groups excluding carboxylic acids is 1. The predicted molar refractivity (Wildman–Crippen MR) is 101 cm³/mol. The lowest BCUT2D eigenvalue weighted by Gasteiger charge is -2.56. The van der Waals surface area contributed by atoms with E-state index in [0.29, 0.717) is 12.0 Å². The van der Waals surface area contributed by atoms with Crippen LogP contribution in [0.25, 0.3) is 0 Å². The maximum absolute atomic E-state index is 11.1. The van der Waals surface area contributed by atoms with Gasteiger partial charge in [0.1, 0.15) is 0 Å². The van der Waals surface area contributed by atoms with Crippen LogP contribution in [0.1, 0.15) is 59.3 Å². The van der Waals surface area contributed by atoms with E-state index >= 15 is 0 Å². The van der Waals surface area contributed by atoms with Crippen molar-refractivity contribution in [2.24, 2.45) is 34.5 Å². The topological polar surface area (TPSA) is 26.3 Å². The second-order valence-electron chi connectivity index (χ2n) is 9.22. The molecule has 0 saturated heterocycles. The van der Waals surface area contributed by atoms with Gasteiger partial charge in [0, 0.05) is 12.3 Å². The van der Waals surface area contributed by atoms with Crippen LogP contribution in [-0.4, -0.2) is 12.6 Å². The molecule has 0 unspecified atom stereocenters. The van der Waals surface area contributed by atoms with E-state index in [-0.39, 0.29) is 11.4 Å². The van der Waals surface area contributed by atoms with Crippen molar-refractivity contribution in [3.8, 4) is 0 Å². The molecule has 2 heteroatoms. The van der Waals surface area contributed by atoms with Crippen molar-refractivity contribution in [1.82, 2.24) is 0 Å². The second kappa shape index (κ2) is 6.14. The molecule has 0 aliphatic heterocycles. The Balaban J connectivity index is 1.54. The van der Waals surface area contributed by atoms with Gasteiger partial charge in [-0.2, -0.15) is 0 Å². The van der Waals surface area contributed by atoms with Crippen molar-refractivity contribution in [3.63, 3.8) is 0 Å². The number of allylic oxidation sites excluding steroid dienone is 6. The Kier molecular flexibility index (Phi) is 4.21. The SMILES string of the molecule is CC(=O)OCC[C@H]1CC[C@H]2[C@@H]3CC=C4C=CC=C[C@]4(C)[C@H]3CC[C@]12C. The molecule has 2 saturated carbocycles. The Morgan fingerprint density at radius 2 is 2.04 bits per heavy atom. The standard InChI is InChI=1S/C23H32O2/c1-16(24)25-15-12-18-8-10-20-19-9-7-17-6-4-5-13-22(17,2)21(19)11-14-23(18,20)3/h4-7,13,18-21H,8-12,14-15H2,1-3H3/t18-,19+,20+,21+,22+,23-/m1/s1. The Hall–Kier alpha value is -1.31. The number of hydrogen-bond donors (Lipinski definition) is 0. The van der Waals surface area contributed by atoms with Gasteiger partial charge in [-0.05, 0) is 73.2 Å². The smallest absolute Gasteiger partial charge is 0.302 e. The maximum Gasteiger partial charge on any atom is 0.302 e. The molecule has 6 atom stereocenters. The fourth-order valence-electron chi connectivity index (χ4n) is 6.87. The lowest BCUT2D eigenvalue weighted by Crippen LogP contribution is -2.48. The minimum absolute atomic E-state index is 0.140. The van der Waals surface area contributed by atoms with E-state index in [1.165, 1.54) is 39.0 Å². The fraction of sp³-hybridized carbons (Fsp3) is 0.696. The van der Waals surface area contributed by atoms with Crippen LogP contribution in [0.15, 0.2) is 36.0 Å². The Morgan fingerprint density at radius 1 is 1.20 bits per heavy atom. The quantitative estimate of drug-likeness (QED) is 0.638. The van der Waals surface area contributed by atoms with E-state index in [2.05, 4.69) is 44.2 Å². The first-order valence-electron chi connectivity index (χ1n) is 10.1. The van der Waals surface area contributed by atoms with Crippen LogP contribution in [0.4, 0.5) is 0 Å². The molecule has 0 spiro atoms. The summed E-state index contributed by atoms with van der Waals surface area (Å²) in [5.41, 5.74) is 2.23. The first-order valence-corrected chi connectivity index (χ1v) is 10.1. The molecule has 2 fully saturated rings. The molecule has 0 N–H and O–H groups in total. The van der Waals surface area contributed by atoms with E-state index in [0.717, 1.165) is 30.1 Å². The van der Waals surface area contributed by atoms with Gasteiger partial charge in [-0.1, -0.05) is 44.2 Å². The Labute approximate surface area is 152 Å². The van der Waals surface area contributed by atoms with Gasteiger partial charge in [-0.3, -0.25) is 4.79 Å². The minimum Gasteiger partial charge on any atom is -0.466 e. The third-order valence-corrected chi connectivity index (χ3v) is 8.24. The summed E-state index contributed by atoms with van der Waals surface area (Å²) in [4.78, 5) is 11.1. The van der Waals surface area contributed by atoms with Crippen molar-refractivity contribution in [1.29, 1.82) is 0 Å². The summed E-state index contributed by atoms with van der Waals surface area (Å²) < 4.78 is 5.26. The second-order valence-corrected chi connectivity index (χ2v) is 9.22. The number of fused-ring (bicyclic) bond motifs is 5. The Bertz CT molecular complexity index is 642. The lowest BCUT2D eigenvalue weighted by atomic mass is 9.49. The van der Waals surface area contributed by atoms with Gasteiger partial charge in [-0.25, -0.2) is 0 Å². The van der Waals surface area contributed by atoms with Crippen LogP contribution in [0.2, 0.25) is 0 Å². The zero-order chi connectivity index (χ0) is 17.7. The molecule has 2 nitrogen and oxygen atoms in total. The van der Waals surface area contributed by atoms with Gasteiger partial charge in [-0.15, -0.1) is 0 Å². The van der Waals surface area contributed by atoms with E-state index in [9.17, 15) is 4.79 Å². The summed E-state index contributed by atoms with van der Waals surface area (Å²) in [6.07, 6.45) is 19.4. The van der Waals surface area contributed by atoms with Crippen LogP contribution in [0, 0.1) is 34.5 Å². The predicted octanol–water partition coefficient (Wildman–Crippen LogP) is 5.46. The number of rotatable bonds is 3. The highest BCUT2D eigenvalue weighted by atomic mass is 16.5. The van der Waals surface area contributed by atoms with Gasteiger partial charge in [0.2, 0.25) is 0 Å². The molecule has 25 heavy (non-hydrogen) atoms. The van der Waals surface area contributed by atoms with E-state index in [4.69, 9.17) is 4.74 Å². The van der Waals surface area contributed by atoms with Crippen molar-refractivity contribution in [3.05, 3.63) is 36.0 Å². The number of carbonyl (C=O) groups is 1. The molecule has 0 radical (unpaired) electrons. The zero-order valence-corrected chi connectivity index (χ0v) is 16.0. The van der Waals surface area contributed by atoms with E-state index in [1.54, 1.807) is 5.57 Å². The molecule has 0 aromatic carbocycles.